The lowest BCUT2D eigenvalue weighted by Gasteiger charge is -2.51. The first-order valence-corrected chi connectivity index (χ1v) is 13.1. The van der Waals surface area contributed by atoms with Gasteiger partial charge in [-0.25, -0.2) is 4.79 Å². The number of amides is 1. The molecule has 1 aliphatic rings. The van der Waals surface area contributed by atoms with E-state index in [-0.39, 0.29) is 12.6 Å². The Morgan fingerprint density at radius 3 is 2.09 bits per heavy atom. The van der Waals surface area contributed by atoms with E-state index >= 15 is 0 Å². The topological polar surface area (TPSA) is 88.5 Å². The van der Waals surface area contributed by atoms with E-state index in [4.69, 9.17) is 14.2 Å². The standard InChI is InChI=1S/C26H51NO6/c1-7-20(2)23(32-19-31-6)17-15-13-11-9-8-10-12-14-16-21-24(29)22(18-28)27(21)25(30)33-26(3,4)5/h20-24,28-29H,7-19H2,1-6H3/t20-,21-,22-,23-,24+/m0/s1. The van der Waals surface area contributed by atoms with Gasteiger partial charge in [0.15, 0.2) is 0 Å². The number of unbranched alkanes of at least 4 members (excludes halogenated alkanes) is 7. The zero-order chi connectivity index (χ0) is 24.9. The van der Waals surface area contributed by atoms with Crippen molar-refractivity contribution in [1.82, 2.24) is 4.90 Å². The summed E-state index contributed by atoms with van der Waals surface area (Å²) in [6.07, 6.45) is 11.5. The molecule has 2 N–H and O–H groups in total. The van der Waals surface area contributed by atoms with E-state index < -0.39 is 23.8 Å². The predicted molar refractivity (Wildman–Crippen MR) is 131 cm³/mol. The third-order valence-electron chi connectivity index (χ3n) is 6.71. The Balaban J connectivity index is 2.16. The van der Waals surface area contributed by atoms with Gasteiger partial charge in [0.25, 0.3) is 0 Å². The minimum atomic E-state index is -0.672. The van der Waals surface area contributed by atoms with Crippen molar-refractivity contribution < 1.29 is 29.2 Å². The molecule has 1 saturated heterocycles. The number of methoxy groups -OCH3 is 1. The van der Waals surface area contributed by atoms with Crippen LogP contribution in [-0.2, 0) is 14.2 Å². The predicted octanol–water partition coefficient (Wildman–Crippen LogP) is 5.26. The molecule has 0 saturated carbocycles. The van der Waals surface area contributed by atoms with Crippen LogP contribution in [-0.4, -0.2) is 71.6 Å². The van der Waals surface area contributed by atoms with Gasteiger partial charge in [-0.2, -0.15) is 0 Å². The Morgan fingerprint density at radius 2 is 1.58 bits per heavy atom. The molecule has 0 aromatic carbocycles. The zero-order valence-corrected chi connectivity index (χ0v) is 22.1. The third kappa shape index (κ3) is 10.9. The summed E-state index contributed by atoms with van der Waals surface area (Å²) in [5, 5.41) is 19.8. The molecule has 0 bridgehead atoms. The maximum absolute atomic E-state index is 12.4. The summed E-state index contributed by atoms with van der Waals surface area (Å²) < 4.78 is 16.3. The molecule has 0 aliphatic carbocycles. The molecule has 33 heavy (non-hydrogen) atoms. The SMILES string of the molecule is CC[C@H](C)[C@H](CCCCCCCCCC[C@H]1[C@@H](O)[C@H](CO)N1C(=O)OC(C)(C)C)OCOC. The Labute approximate surface area is 202 Å². The van der Waals surface area contributed by atoms with Gasteiger partial charge < -0.3 is 24.4 Å². The van der Waals surface area contributed by atoms with Crippen LogP contribution in [0.2, 0.25) is 0 Å². The lowest BCUT2D eigenvalue weighted by molar-refractivity contribution is -0.131. The number of hydrogen-bond donors (Lipinski definition) is 2. The molecule has 1 heterocycles. The van der Waals surface area contributed by atoms with Gasteiger partial charge in [0.2, 0.25) is 0 Å². The number of likely N-dealkylation sites (tertiary alicyclic amines) is 1. The highest BCUT2D eigenvalue weighted by molar-refractivity contribution is 5.70. The Hall–Kier alpha value is -0.890. The number of nitrogens with zero attached hydrogens (tertiary/aromatic N) is 1. The minimum Gasteiger partial charge on any atom is -0.444 e. The Kier molecular flexibility index (Phi) is 14.5. The monoisotopic (exact) mass is 473 g/mol. The first kappa shape index (κ1) is 30.1. The van der Waals surface area contributed by atoms with Crippen LogP contribution in [0.15, 0.2) is 0 Å². The average molecular weight is 474 g/mol. The van der Waals surface area contributed by atoms with Gasteiger partial charge in [-0.05, 0) is 39.5 Å². The van der Waals surface area contributed by atoms with Crippen molar-refractivity contribution in [2.24, 2.45) is 5.92 Å². The van der Waals surface area contributed by atoms with Crippen molar-refractivity contribution >= 4 is 6.09 Å². The van der Waals surface area contributed by atoms with Gasteiger partial charge in [0.05, 0.1) is 30.9 Å². The lowest BCUT2D eigenvalue weighted by Crippen LogP contribution is -2.71. The van der Waals surface area contributed by atoms with E-state index in [0.29, 0.717) is 18.8 Å². The third-order valence-corrected chi connectivity index (χ3v) is 6.71. The van der Waals surface area contributed by atoms with Gasteiger partial charge in [-0.1, -0.05) is 71.6 Å². The van der Waals surface area contributed by atoms with Crippen LogP contribution in [0.25, 0.3) is 0 Å². The highest BCUT2D eigenvalue weighted by atomic mass is 16.7. The second-order valence-corrected chi connectivity index (χ2v) is 10.6. The van der Waals surface area contributed by atoms with Crippen LogP contribution in [0.1, 0.15) is 105 Å². The van der Waals surface area contributed by atoms with Crippen molar-refractivity contribution in [1.29, 1.82) is 0 Å². The molecule has 0 aromatic rings. The second kappa shape index (κ2) is 15.9. The summed E-state index contributed by atoms with van der Waals surface area (Å²) >= 11 is 0. The average Bonchev–Trinajstić information content (AvgIpc) is 2.75. The quantitative estimate of drug-likeness (QED) is 0.221. The largest absolute Gasteiger partial charge is 0.444 e. The molecule has 7 nitrogen and oxygen atoms in total. The molecule has 1 fully saturated rings. The lowest BCUT2D eigenvalue weighted by atomic mass is 9.86. The molecular formula is C26H51NO6. The van der Waals surface area contributed by atoms with E-state index in [9.17, 15) is 15.0 Å². The fourth-order valence-electron chi connectivity index (χ4n) is 4.53. The maximum atomic E-state index is 12.4. The van der Waals surface area contributed by atoms with Crippen LogP contribution in [0.4, 0.5) is 4.79 Å². The first-order valence-electron chi connectivity index (χ1n) is 13.1. The van der Waals surface area contributed by atoms with E-state index in [1.807, 2.05) is 20.8 Å². The number of aliphatic hydroxyl groups excluding tert-OH is 2. The van der Waals surface area contributed by atoms with Crippen molar-refractivity contribution in [2.45, 2.75) is 135 Å². The second-order valence-electron chi connectivity index (χ2n) is 10.6. The van der Waals surface area contributed by atoms with Crippen LogP contribution in [0, 0.1) is 5.92 Å². The number of rotatable bonds is 17. The zero-order valence-electron chi connectivity index (χ0n) is 22.1. The van der Waals surface area contributed by atoms with E-state index in [0.717, 1.165) is 32.1 Å². The molecule has 0 radical (unpaired) electrons. The number of carbonyl (C=O) groups excluding carboxylic acids is 1. The summed E-state index contributed by atoms with van der Waals surface area (Å²) in [7, 11) is 1.67. The van der Waals surface area contributed by atoms with Crippen molar-refractivity contribution in [3.8, 4) is 0 Å². The summed E-state index contributed by atoms with van der Waals surface area (Å²) in [5.74, 6) is 0.563. The highest BCUT2D eigenvalue weighted by Crippen LogP contribution is 2.32. The van der Waals surface area contributed by atoms with Crippen molar-refractivity contribution in [2.75, 3.05) is 20.5 Å². The number of ether oxygens (including phenoxy) is 3. The fraction of sp³-hybridized carbons (Fsp3) is 0.962. The summed E-state index contributed by atoms with van der Waals surface area (Å²) in [6.45, 7) is 10.1. The number of carbonyl (C=O) groups is 1. The van der Waals surface area contributed by atoms with Gasteiger partial charge >= 0.3 is 6.09 Å². The molecule has 1 amide bonds. The maximum Gasteiger partial charge on any atom is 0.411 e. The Morgan fingerprint density at radius 1 is 1.00 bits per heavy atom. The molecule has 0 aromatic heterocycles. The van der Waals surface area contributed by atoms with Crippen LogP contribution < -0.4 is 0 Å². The van der Waals surface area contributed by atoms with Gasteiger partial charge in [-0.3, -0.25) is 4.90 Å². The molecule has 196 valence electrons. The Bertz CT molecular complexity index is 523. The van der Waals surface area contributed by atoms with Crippen molar-refractivity contribution in [3.63, 3.8) is 0 Å². The van der Waals surface area contributed by atoms with Crippen LogP contribution in [0.5, 0.6) is 0 Å². The first-order chi connectivity index (χ1) is 15.7. The van der Waals surface area contributed by atoms with Crippen LogP contribution in [0.3, 0.4) is 0 Å². The molecule has 0 spiro atoms. The van der Waals surface area contributed by atoms with Gasteiger partial charge in [0.1, 0.15) is 12.4 Å². The highest BCUT2D eigenvalue weighted by Gasteiger charge is 2.50. The fourth-order valence-corrected chi connectivity index (χ4v) is 4.53. The summed E-state index contributed by atoms with van der Waals surface area (Å²) in [6, 6.07) is -0.805. The molecular weight excluding hydrogens is 422 g/mol. The smallest absolute Gasteiger partial charge is 0.411 e. The number of aliphatic hydroxyl groups is 2. The molecule has 7 heteroatoms. The minimum absolute atomic E-state index is 0.243. The van der Waals surface area contributed by atoms with Gasteiger partial charge in [0, 0.05) is 7.11 Å². The molecule has 5 atom stereocenters. The molecule has 1 aliphatic heterocycles. The number of hydrogen-bond acceptors (Lipinski definition) is 6. The molecule has 0 unspecified atom stereocenters. The normalized spacial score (nSPS) is 22.7. The van der Waals surface area contributed by atoms with E-state index in [1.54, 1.807) is 7.11 Å². The van der Waals surface area contributed by atoms with E-state index in [2.05, 4.69) is 13.8 Å². The van der Waals surface area contributed by atoms with E-state index in [1.165, 1.54) is 43.4 Å². The van der Waals surface area contributed by atoms with Crippen molar-refractivity contribution in [3.05, 3.63) is 0 Å². The summed E-state index contributed by atoms with van der Waals surface area (Å²) in [4.78, 5) is 14.0. The van der Waals surface area contributed by atoms with Gasteiger partial charge in [-0.15, -0.1) is 0 Å². The summed E-state index contributed by atoms with van der Waals surface area (Å²) in [5.41, 5.74) is -0.589. The van der Waals surface area contributed by atoms with Crippen LogP contribution >= 0.6 is 0 Å². The molecule has 1 rings (SSSR count).